The topological polar surface area (TPSA) is 43.0 Å². The van der Waals surface area contributed by atoms with Crippen LogP contribution in [0.1, 0.15) is 32.3 Å². The highest BCUT2D eigenvalue weighted by atomic mass is 79.9. The predicted molar refractivity (Wildman–Crippen MR) is 74.3 cm³/mol. The molecule has 0 spiro atoms. The lowest BCUT2D eigenvalue weighted by molar-refractivity contribution is 0.374. The van der Waals surface area contributed by atoms with E-state index in [0.29, 0.717) is 6.54 Å². The minimum atomic E-state index is 0.0970. The van der Waals surface area contributed by atoms with Crippen LogP contribution < -0.4 is 5.32 Å². The Balaban J connectivity index is 1.94. The molecule has 0 aliphatic rings. The van der Waals surface area contributed by atoms with Gasteiger partial charge in [0.05, 0.1) is 23.8 Å². The normalized spacial score (nSPS) is 12.0. The van der Waals surface area contributed by atoms with E-state index < -0.39 is 0 Å². The Hall–Kier alpha value is -1.07. The van der Waals surface area contributed by atoms with Crippen molar-refractivity contribution < 1.29 is 4.42 Å². The zero-order valence-corrected chi connectivity index (χ0v) is 12.5. The highest BCUT2D eigenvalue weighted by molar-refractivity contribution is 9.10. The van der Waals surface area contributed by atoms with Gasteiger partial charge in [0.2, 0.25) is 0 Å². The molecule has 98 valence electrons. The van der Waals surface area contributed by atoms with Gasteiger partial charge in [-0.3, -0.25) is 4.68 Å². The van der Waals surface area contributed by atoms with Gasteiger partial charge in [0.15, 0.2) is 0 Å². The Morgan fingerprint density at radius 1 is 1.33 bits per heavy atom. The van der Waals surface area contributed by atoms with Gasteiger partial charge in [-0.2, -0.15) is 5.10 Å². The quantitative estimate of drug-likeness (QED) is 0.943. The van der Waals surface area contributed by atoms with Crippen LogP contribution in [0.5, 0.6) is 0 Å². The predicted octanol–water partition coefficient (Wildman–Crippen LogP) is 3.18. The fourth-order valence-electron chi connectivity index (χ4n) is 1.54. The zero-order valence-electron chi connectivity index (χ0n) is 10.9. The largest absolute Gasteiger partial charge is 0.463 e. The van der Waals surface area contributed by atoms with Gasteiger partial charge >= 0.3 is 0 Å². The van der Waals surface area contributed by atoms with E-state index in [1.54, 1.807) is 6.20 Å². The number of aromatic nitrogens is 2. The van der Waals surface area contributed by atoms with E-state index >= 15 is 0 Å². The molecule has 0 saturated heterocycles. The second kappa shape index (κ2) is 5.28. The molecule has 2 aromatic rings. The molecule has 0 radical (unpaired) electrons. The summed E-state index contributed by atoms with van der Waals surface area (Å²) in [6.45, 7) is 7.81. The van der Waals surface area contributed by atoms with Gasteiger partial charge in [0.25, 0.3) is 0 Å². The van der Waals surface area contributed by atoms with Crippen LogP contribution in [0, 0.1) is 0 Å². The third-order valence-electron chi connectivity index (χ3n) is 2.43. The second-order valence-electron chi connectivity index (χ2n) is 5.33. The lowest BCUT2D eigenvalue weighted by Gasteiger charge is -2.19. The molecule has 0 bridgehead atoms. The molecule has 0 unspecified atom stereocenters. The van der Waals surface area contributed by atoms with Crippen LogP contribution in [0.2, 0.25) is 0 Å². The van der Waals surface area contributed by atoms with E-state index in [4.69, 9.17) is 4.42 Å². The molecule has 2 heterocycles. The number of furan rings is 1. The fraction of sp³-hybridized carbons (Fsp3) is 0.462. The summed E-state index contributed by atoms with van der Waals surface area (Å²) in [5.74, 6) is 1.86. The van der Waals surface area contributed by atoms with Crippen molar-refractivity contribution in [1.82, 2.24) is 15.1 Å². The zero-order chi connectivity index (χ0) is 13.2. The molecule has 5 heteroatoms. The van der Waals surface area contributed by atoms with E-state index in [1.165, 1.54) is 0 Å². The number of rotatable bonds is 4. The highest BCUT2D eigenvalue weighted by Gasteiger charge is 2.10. The van der Waals surface area contributed by atoms with Gasteiger partial charge < -0.3 is 9.73 Å². The third kappa shape index (κ3) is 3.99. The SMILES string of the molecule is CC(C)(C)NCc1ccc(Cn2cc(Br)cn2)o1. The molecule has 18 heavy (non-hydrogen) atoms. The van der Waals surface area contributed by atoms with Crippen molar-refractivity contribution in [2.24, 2.45) is 0 Å². The summed E-state index contributed by atoms with van der Waals surface area (Å²) < 4.78 is 8.57. The maximum atomic E-state index is 5.75. The van der Waals surface area contributed by atoms with E-state index in [2.05, 4.69) is 47.1 Å². The molecule has 0 amide bonds. The molecule has 0 aliphatic carbocycles. The van der Waals surface area contributed by atoms with E-state index in [0.717, 1.165) is 22.5 Å². The summed E-state index contributed by atoms with van der Waals surface area (Å²) in [7, 11) is 0. The number of hydrogen-bond donors (Lipinski definition) is 1. The Morgan fingerprint density at radius 3 is 2.67 bits per heavy atom. The van der Waals surface area contributed by atoms with Crippen molar-refractivity contribution in [3.63, 3.8) is 0 Å². The Labute approximate surface area is 115 Å². The Kier molecular flexibility index (Phi) is 3.92. The molecule has 0 aliphatic heterocycles. The van der Waals surface area contributed by atoms with Crippen LogP contribution in [0.3, 0.4) is 0 Å². The van der Waals surface area contributed by atoms with Crippen molar-refractivity contribution in [3.05, 3.63) is 40.5 Å². The van der Waals surface area contributed by atoms with Gasteiger partial charge in [-0.25, -0.2) is 0 Å². The first-order valence-electron chi connectivity index (χ1n) is 5.93. The average Bonchev–Trinajstić information content (AvgIpc) is 2.85. The summed E-state index contributed by atoms with van der Waals surface area (Å²) in [5.41, 5.74) is 0.0970. The molecule has 0 atom stereocenters. The lowest BCUT2D eigenvalue weighted by atomic mass is 10.1. The van der Waals surface area contributed by atoms with Gasteiger partial charge in [-0.1, -0.05) is 0 Å². The van der Waals surface area contributed by atoms with Crippen LogP contribution in [-0.2, 0) is 13.1 Å². The minimum absolute atomic E-state index is 0.0970. The van der Waals surface area contributed by atoms with E-state index in [1.807, 2.05) is 23.0 Å². The first kappa shape index (κ1) is 13.4. The minimum Gasteiger partial charge on any atom is -0.463 e. The molecule has 2 rings (SSSR count). The van der Waals surface area contributed by atoms with Gasteiger partial charge in [-0.15, -0.1) is 0 Å². The summed E-state index contributed by atoms with van der Waals surface area (Å²) in [5, 5.41) is 7.60. The van der Waals surface area contributed by atoms with Crippen molar-refractivity contribution in [2.75, 3.05) is 0 Å². The lowest BCUT2D eigenvalue weighted by Crippen LogP contribution is -2.34. The van der Waals surface area contributed by atoms with Crippen LogP contribution in [0.15, 0.2) is 33.4 Å². The summed E-state index contributed by atoms with van der Waals surface area (Å²) >= 11 is 3.37. The smallest absolute Gasteiger partial charge is 0.125 e. The number of hydrogen-bond acceptors (Lipinski definition) is 3. The molecule has 4 nitrogen and oxygen atoms in total. The van der Waals surface area contributed by atoms with Gasteiger partial charge in [0, 0.05) is 11.7 Å². The van der Waals surface area contributed by atoms with Gasteiger partial charge in [0.1, 0.15) is 11.5 Å². The summed E-state index contributed by atoms with van der Waals surface area (Å²) in [6.07, 6.45) is 3.70. The Morgan fingerprint density at radius 2 is 2.06 bits per heavy atom. The van der Waals surface area contributed by atoms with Crippen LogP contribution in [-0.4, -0.2) is 15.3 Å². The van der Waals surface area contributed by atoms with Crippen molar-refractivity contribution >= 4 is 15.9 Å². The van der Waals surface area contributed by atoms with Crippen molar-refractivity contribution in [2.45, 2.75) is 39.4 Å². The molecule has 1 N–H and O–H groups in total. The average molecular weight is 312 g/mol. The van der Waals surface area contributed by atoms with Crippen molar-refractivity contribution in [3.8, 4) is 0 Å². The molecule has 0 aromatic carbocycles. The monoisotopic (exact) mass is 311 g/mol. The van der Waals surface area contributed by atoms with E-state index in [-0.39, 0.29) is 5.54 Å². The second-order valence-corrected chi connectivity index (χ2v) is 6.24. The maximum absolute atomic E-state index is 5.75. The molecule has 0 fully saturated rings. The number of nitrogens with zero attached hydrogens (tertiary/aromatic N) is 2. The first-order chi connectivity index (χ1) is 8.42. The summed E-state index contributed by atoms with van der Waals surface area (Å²) in [6, 6.07) is 4.00. The standard InChI is InChI=1S/C13H18BrN3O/c1-13(2,3)15-7-11-4-5-12(18-11)9-17-8-10(14)6-16-17/h4-6,8,15H,7,9H2,1-3H3. The number of halogens is 1. The molecular formula is C13H18BrN3O. The van der Waals surface area contributed by atoms with E-state index in [9.17, 15) is 0 Å². The maximum Gasteiger partial charge on any atom is 0.125 e. The van der Waals surface area contributed by atoms with Gasteiger partial charge in [-0.05, 0) is 48.8 Å². The highest BCUT2D eigenvalue weighted by Crippen LogP contribution is 2.12. The summed E-state index contributed by atoms with van der Waals surface area (Å²) in [4.78, 5) is 0. The molecule has 2 aromatic heterocycles. The first-order valence-corrected chi connectivity index (χ1v) is 6.72. The molecular weight excluding hydrogens is 294 g/mol. The third-order valence-corrected chi connectivity index (χ3v) is 2.84. The van der Waals surface area contributed by atoms with Crippen LogP contribution >= 0.6 is 15.9 Å². The van der Waals surface area contributed by atoms with Crippen LogP contribution in [0.4, 0.5) is 0 Å². The number of nitrogens with one attached hydrogen (secondary N) is 1. The van der Waals surface area contributed by atoms with Crippen molar-refractivity contribution in [1.29, 1.82) is 0 Å². The molecule has 0 saturated carbocycles. The van der Waals surface area contributed by atoms with Crippen LogP contribution in [0.25, 0.3) is 0 Å². The fourth-order valence-corrected chi connectivity index (χ4v) is 1.87. The Bertz CT molecular complexity index is 510.